The molecule has 0 aromatic carbocycles. The van der Waals surface area contributed by atoms with Crippen LogP contribution in [0.5, 0.6) is 0 Å². The lowest BCUT2D eigenvalue weighted by Gasteiger charge is -2.36. The van der Waals surface area contributed by atoms with E-state index in [-0.39, 0.29) is 23.7 Å². The number of nitrogens with one attached hydrogen (secondary N) is 1. The van der Waals surface area contributed by atoms with Gasteiger partial charge >= 0.3 is 0 Å². The van der Waals surface area contributed by atoms with Crippen molar-refractivity contribution in [3.05, 3.63) is 34.2 Å². The van der Waals surface area contributed by atoms with Crippen LogP contribution in [-0.2, 0) is 4.74 Å². The molecule has 0 spiro atoms. The zero-order valence-electron chi connectivity index (χ0n) is 10.1. The largest absolute Gasteiger partial charge is 0.371 e. The number of carbonyl (C=O) groups excluding carboxylic acids is 1. The molecule has 0 aliphatic carbocycles. The number of H-pyrrole nitrogens is 1. The van der Waals surface area contributed by atoms with Crippen molar-refractivity contribution in [2.24, 2.45) is 0 Å². The first-order valence-electron chi connectivity index (χ1n) is 5.80. The Balaban J connectivity index is 2.15. The molecule has 0 saturated carbocycles. The molecule has 1 N–H and O–H groups in total. The summed E-state index contributed by atoms with van der Waals surface area (Å²) in [7, 11) is 0. The smallest absolute Gasteiger partial charge is 0.270 e. The van der Waals surface area contributed by atoms with Gasteiger partial charge in [0.1, 0.15) is 5.69 Å². The molecule has 2 atom stereocenters. The molecular formula is C12H15BrN2O3. The van der Waals surface area contributed by atoms with E-state index in [1.54, 1.807) is 17.0 Å². The second-order valence-electron chi connectivity index (χ2n) is 4.36. The Hall–Kier alpha value is -1.14. The van der Waals surface area contributed by atoms with Crippen molar-refractivity contribution in [1.29, 1.82) is 0 Å². The SMILES string of the molecule is CC1CN(C(=O)c2cccc(=O)[nH]2)CC(CBr)O1. The Morgan fingerprint density at radius 3 is 3.00 bits per heavy atom. The lowest BCUT2D eigenvalue weighted by molar-refractivity contribution is -0.0561. The summed E-state index contributed by atoms with van der Waals surface area (Å²) in [6.45, 7) is 3.01. The first-order chi connectivity index (χ1) is 8.60. The van der Waals surface area contributed by atoms with E-state index in [2.05, 4.69) is 20.9 Å². The number of nitrogens with zero attached hydrogens (tertiary/aromatic N) is 1. The summed E-state index contributed by atoms with van der Waals surface area (Å²) >= 11 is 3.36. The fourth-order valence-electron chi connectivity index (χ4n) is 2.04. The maximum Gasteiger partial charge on any atom is 0.270 e. The highest BCUT2D eigenvalue weighted by atomic mass is 79.9. The lowest BCUT2D eigenvalue weighted by Crippen LogP contribution is -2.50. The first kappa shape index (κ1) is 13.3. The molecule has 1 aliphatic rings. The minimum absolute atomic E-state index is 0.000634. The number of aromatic amines is 1. The van der Waals surface area contributed by atoms with E-state index in [9.17, 15) is 9.59 Å². The maximum absolute atomic E-state index is 12.2. The van der Waals surface area contributed by atoms with Crippen molar-refractivity contribution >= 4 is 21.8 Å². The fraction of sp³-hybridized carbons (Fsp3) is 0.500. The van der Waals surface area contributed by atoms with Gasteiger partial charge in [0.25, 0.3) is 5.91 Å². The Kier molecular flexibility index (Phi) is 4.19. The van der Waals surface area contributed by atoms with E-state index in [0.29, 0.717) is 24.1 Å². The molecule has 2 heterocycles. The number of aromatic nitrogens is 1. The number of hydrogen-bond acceptors (Lipinski definition) is 3. The van der Waals surface area contributed by atoms with Crippen LogP contribution in [0.25, 0.3) is 0 Å². The highest BCUT2D eigenvalue weighted by Crippen LogP contribution is 2.14. The molecule has 1 saturated heterocycles. The van der Waals surface area contributed by atoms with Crippen molar-refractivity contribution in [3.63, 3.8) is 0 Å². The second kappa shape index (κ2) is 5.67. The fourth-order valence-corrected chi connectivity index (χ4v) is 2.40. The maximum atomic E-state index is 12.2. The number of pyridine rings is 1. The molecular weight excluding hydrogens is 300 g/mol. The highest BCUT2D eigenvalue weighted by Gasteiger charge is 2.28. The van der Waals surface area contributed by atoms with E-state index in [4.69, 9.17) is 4.74 Å². The standard InChI is InChI=1S/C12H15BrN2O3/c1-8-6-15(7-9(5-13)18-8)12(17)10-3-2-4-11(16)14-10/h2-4,8-9H,5-7H2,1H3,(H,14,16). The van der Waals surface area contributed by atoms with Crippen LogP contribution in [-0.4, -0.2) is 46.4 Å². The van der Waals surface area contributed by atoms with Crippen LogP contribution < -0.4 is 5.56 Å². The van der Waals surface area contributed by atoms with E-state index < -0.39 is 0 Å². The molecule has 18 heavy (non-hydrogen) atoms. The molecule has 2 rings (SSSR count). The van der Waals surface area contributed by atoms with Crippen LogP contribution in [0.3, 0.4) is 0 Å². The van der Waals surface area contributed by atoms with Crippen molar-refractivity contribution in [2.45, 2.75) is 19.1 Å². The second-order valence-corrected chi connectivity index (χ2v) is 5.01. The molecule has 5 nitrogen and oxygen atoms in total. The molecule has 2 unspecified atom stereocenters. The number of amides is 1. The minimum atomic E-state index is -0.265. The van der Waals surface area contributed by atoms with Gasteiger partial charge in [-0.2, -0.15) is 0 Å². The summed E-state index contributed by atoms with van der Waals surface area (Å²) < 4.78 is 5.66. The number of ether oxygens (including phenoxy) is 1. The van der Waals surface area contributed by atoms with Gasteiger partial charge in [0.15, 0.2) is 0 Å². The highest BCUT2D eigenvalue weighted by molar-refractivity contribution is 9.09. The number of carbonyl (C=O) groups is 1. The van der Waals surface area contributed by atoms with Gasteiger partial charge in [0.05, 0.1) is 12.2 Å². The molecule has 0 radical (unpaired) electrons. The molecule has 1 aliphatic heterocycles. The van der Waals surface area contributed by atoms with Crippen LogP contribution in [0.4, 0.5) is 0 Å². The number of hydrogen-bond donors (Lipinski definition) is 1. The lowest BCUT2D eigenvalue weighted by atomic mass is 10.2. The van der Waals surface area contributed by atoms with Crippen LogP contribution in [0.2, 0.25) is 0 Å². The van der Waals surface area contributed by atoms with Crippen molar-refractivity contribution in [2.75, 3.05) is 18.4 Å². The van der Waals surface area contributed by atoms with Crippen LogP contribution in [0, 0.1) is 0 Å². The molecule has 1 fully saturated rings. The third-order valence-electron chi connectivity index (χ3n) is 2.78. The quantitative estimate of drug-likeness (QED) is 0.828. The monoisotopic (exact) mass is 314 g/mol. The Labute approximate surface area is 113 Å². The Morgan fingerprint density at radius 1 is 1.56 bits per heavy atom. The van der Waals surface area contributed by atoms with Crippen LogP contribution in [0.1, 0.15) is 17.4 Å². The van der Waals surface area contributed by atoms with Gasteiger partial charge in [0, 0.05) is 24.5 Å². The summed E-state index contributed by atoms with van der Waals surface area (Å²) in [4.78, 5) is 27.7. The third kappa shape index (κ3) is 3.00. The molecule has 0 bridgehead atoms. The predicted octanol–water partition coefficient (Wildman–Crippen LogP) is 0.999. The molecule has 1 aromatic heterocycles. The Morgan fingerprint density at radius 2 is 2.33 bits per heavy atom. The van der Waals surface area contributed by atoms with Gasteiger partial charge < -0.3 is 14.6 Å². The zero-order chi connectivity index (χ0) is 13.1. The normalized spacial score (nSPS) is 24.0. The van der Waals surface area contributed by atoms with Crippen molar-refractivity contribution in [1.82, 2.24) is 9.88 Å². The van der Waals surface area contributed by atoms with Crippen molar-refractivity contribution < 1.29 is 9.53 Å². The van der Waals surface area contributed by atoms with Crippen LogP contribution >= 0.6 is 15.9 Å². The van der Waals surface area contributed by atoms with E-state index in [1.165, 1.54) is 6.07 Å². The molecule has 1 aromatic rings. The van der Waals surface area contributed by atoms with Gasteiger partial charge in [-0.25, -0.2) is 0 Å². The molecule has 1 amide bonds. The Bertz CT molecular complexity index is 488. The predicted molar refractivity (Wildman–Crippen MR) is 71.1 cm³/mol. The summed E-state index contributed by atoms with van der Waals surface area (Å²) in [6.07, 6.45) is -0.00572. The van der Waals surface area contributed by atoms with Crippen molar-refractivity contribution in [3.8, 4) is 0 Å². The topological polar surface area (TPSA) is 62.4 Å². The first-order valence-corrected chi connectivity index (χ1v) is 6.92. The summed E-state index contributed by atoms with van der Waals surface area (Å²) in [6, 6.07) is 4.59. The summed E-state index contributed by atoms with van der Waals surface area (Å²) in [5.74, 6) is -0.159. The number of alkyl halides is 1. The minimum Gasteiger partial charge on any atom is -0.371 e. The average Bonchev–Trinajstić information content (AvgIpc) is 2.37. The third-order valence-corrected chi connectivity index (χ3v) is 3.51. The van der Waals surface area contributed by atoms with Gasteiger partial charge in [-0.05, 0) is 13.0 Å². The number of morpholine rings is 1. The van der Waals surface area contributed by atoms with E-state index in [1.807, 2.05) is 6.92 Å². The van der Waals surface area contributed by atoms with E-state index in [0.717, 1.165) is 0 Å². The van der Waals surface area contributed by atoms with Gasteiger partial charge in [-0.15, -0.1) is 0 Å². The van der Waals surface area contributed by atoms with E-state index >= 15 is 0 Å². The molecule has 98 valence electrons. The molecule has 6 heteroatoms. The average molecular weight is 315 g/mol. The number of rotatable bonds is 2. The van der Waals surface area contributed by atoms with Gasteiger partial charge in [-0.1, -0.05) is 22.0 Å². The van der Waals surface area contributed by atoms with Gasteiger partial charge in [0.2, 0.25) is 5.56 Å². The summed E-state index contributed by atoms with van der Waals surface area (Å²) in [5.41, 5.74) is 0.0594. The zero-order valence-corrected chi connectivity index (χ0v) is 11.6. The van der Waals surface area contributed by atoms with Gasteiger partial charge in [-0.3, -0.25) is 9.59 Å². The number of halogens is 1. The summed E-state index contributed by atoms with van der Waals surface area (Å²) in [5, 5.41) is 0.687. The van der Waals surface area contributed by atoms with Crippen LogP contribution in [0.15, 0.2) is 23.0 Å².